The normalized spacial score (nSPS) is 18.0. The van der Waals surface area contributed by atoms with Gasteiger partial charge in [-0.25, -0.2) is 8.42 Å². The van der Waals surface area contributed by atoms with Gasteiger partial charge in [0, 0.05) is 25.1 Å². The third kappa shape index (κ3) is 5.24. The molecule has 156 valence electrons. The van der Waals surface area contributed by atoms with E-state index in [2.05, 4.69) is 21.5 Å². The van der Waals surface area contributed by atoms with Gasteiger partial charge in [0.1, 0.15) is 0 Å². The van der Waals surface area contributed by atoms with E-state index in [4.69, 9.17) is 4.52 Å². The minimum absolute atomic E-state index is 0. The molecular formula is C18H26Cl2N4O3S. The largest absolute Gasteiger partial charge is 0.339 e. The van der Waals surface area contributed by atoms with E-state index in [0.717, 1.165) is 49.0 Å². The van der Waals surface area contributed by atoms with Crippen LogP contribution in [-0.4, -0.2) is 48.8 Å². The third-order valence-electron chi connectivity index (χ3n) is 5.30. The highest BCUT2D eigenvalue weighted by molar-refractivity contribution is 7.88. The molecule has 0 unspecified atom stereocenters. The predicted octanol–water partition coefficient (Wildman–Crippen LogP) is 2.44. The lowest BCUT2D eigenvalue weighted by Gasteiger charge is -2.26. The van der Waals surface area contributed by atoms with Gasteiger partial charge >= 0.3 is 0 Å². The zero-order valence-corrected chi connectivity index (χ0v) is 18.2. The lowest BCUT2D eigenvalue weighted by Crippen LogP contribution is -2.35. The first-order valence-electron chi connectivity index (χ1n) is 9.09. The Kier molecular flexibility index (Phi) is 7.87. The Bertz CT molecular complexity index is 898. The molecule has 0 amide bonds. The monoisotopic (exact) mass is 448 g/mol. The Hall–Kier alpha value is -1.19. The van der Waals surface area contributed by atoms with Crippen LogP contribution in [0.25, 0.3) is 11.4 Å². The fourth-order valence-corrected chi connectivity index (χ4v) is 4.53. The summed E-state index contributed by atoms with van der Waals surface area (Å²) in [6, 6.07) is 5.99. The summed E-state index contributed by atoms with van der Waals surface area (Å²) >= 11 is 0. The molecule has 0 saturated carbocycles. The van der Waals surface area contributed by atoms with Crippen LogP contribution in [0.4, 0.5) is 0 Å². The molecule has 7 nitrogen and oxygen atoms in total. The molecule has 3 heterocycles. The van der Waals surface area contributed by atoms with E-state index in [1.165, 1.54) is 10.6 Å². The molecule has 0 bridgehead atoms. The number of piperidine rings is 1. The number of rotatable bonds is 4. The van der Waals surface area contributed by atoms with Crippen molar-refractivity contribution in [3.8, 4) is 11.4 Å². The zero-order chi connectivity index (χ0) is 18.1. The van der Waals surface area contributed by atoms with Crippen molar-refractivity contribution in [3.63, 3.8) is 0 Å². The summed E-state index contributed by atoms with van der Waals surface area (Å²) in [6.07, 6.45) is 5.09. The van der Waals surface area contributed by atoms with Crippen LogP contribution in [0.1, 0.15) is 29.9 Å². The number of sulfonamides is 1. The number of hydrogen-bond donors (Lipinski definition) is 1. The molecule has 1 N–H and O–H groups in total. The van der Waals surface area contributed by atoms with E-state index in [0.29, 0.717) is 37.1 Å². The Morgan fingerprint density at radius 1 is 1.21 bits per heavy atom. The van der Waals surface area contributed by atoms with E-state index in [1.807, 2.05) is 12.1 Å². The molecule has 2 aliphatic rings. The van der Waals surface area contributed by atoms with Crippen molar-refractivity contribution in [1.82, 2.24) is 19.8 Å². The standard InChI is InChI=1S/C18H24N4O3S.2ClH/c1-26(23,24)22-9-6-14-11-15(2-3-16(14)12-22)18-20-17(25-21-18)10-13-4-7-19-8-5-13;;/h2-3,11,13,19H,4-10,12H2,1H3;2*1H. The second-order valence-corrected chi connectivity index (χ2v) is 9.22. The SMILES string of the molecule is CS(=O)(=O)N1CCc2cc(-c3noc(CC4CCNCC4)n3)ccc2C1.Cl.Cl. The molecule has 0 radical (unpaired) electrons. The molecule has 1 fully saturated rings. The first-order valence-corrected chi connectivity index (χ1v) is 10.9. The third-order valence-corrected chi connectivity index (χ3v) is 6.55. The highest BCUT2D eigenvalue weighted by Crippen LogP contribution is 2.26. The first-order chi connectivity index (χ1) is 12.5. The average Bonchev–Trinajstić information content (AvgIpc) is 3.09. The summed E-state index contributed by atoms with van der Waals surface area (Å²) in [7, 11) is -3.15. The number of hydrogen-bond acceptors (Lipinski definition) is 6. The number of aromatic nitrogens is 2. The fourth-order valence-electron chi connectivity index (χ4n) is 3.74. The lowest BCUT2D eigenvalue weighted by atomic mass is 9.95. The summed E-state index contributed by atoms with van der Waals surface area (Å²) in [5.74, 6) is 1.92. The minimum atomic E-state index is -3.15. The maximum Gasteiger partial charge on any atom is 0.227 e. The topological polar surface area (TPSA) is 88.3 Å². The molecule has 0 atom stereocenters. The highest BCUT2D eigenvalue weighted by Gasteiger charge is 2.24. The summed E-state index contributed by atoms with van der Waals surface area (Å²) in [5.41, 5.74) is 3.13. The number of fused-ring (bicyclic) bond motifs is 1. The van der Waals surface area contributed by atoms with Gasteiger partial charge in [0.15, 0.2) is 0 Å². The van der Waals surface area contributed by atoms with Crippen LogP contribution < -0.4 is 5.32 Å². The molecular weight excluding hydrogens is 423 g/mol. The summed E-state index contributed by atoms with van der Waals surface area (Å²) in [4.78, 5) is 4.57. The van der Waals surface area contributed by atoms with Crippen molar-refractivity contribution < 1.29 is 12.9 Å². The van der Waals surface area contributed by atoms with Crippen molar-refractivity contribution >= 4 is 34.8 Å². The fraction of sp³-hybridized carbons (Fsp3) is 0.556. The number of nitrogens with one attached hydrogen (secondary N) is 1. The van der Waals surface area contributed by atoms with E-state index in [9.17, 15) is 8.42 Å². The van der Waals surface area contributed by atoms with E-state index < -0.39 is 10.0 Å². The van der Waals surface area contributed by atoms with Gasteiger partial charge < -0.3 is 9.84 Å². The Morgan fingerprint density at radius 2 is 1.96 bits per heavy atom. The van der Waals surface area contributed by atoms with Crippen LogP contribution >= 0.6 is 24.8 Å². The molecule has 1 saturated heterocycles. The average molecular weight is 449 g/mol. The lowest BCUT2D eigenvalue weighted by molar-refractivity contribution is 0.313. The van der Waals surface area contributed by atoms with Crippen LogP contribution in [0.5, 0.6) is 0 Å². The first kappa shape index (κ1) is 23.1. The van der Waals surface area contributed by atoms with Gasteiger partial charge in [-0.2, -0.15) is 9.29 Å². The summed E-state index contributed by atoms with van der Waals surface area (Å²) in [6.45, 7) is 3.06. The van der Waals surface area contributed by atoms with E-state index in [1.54, 1.807) is 0 Å². The zero-order valence-electron chi connectivity index (χ0n) is 15.8. The molecule has 2 aromatic rings. The number of halogens is 2. The Balaban J connectivity index is 0.00000140. The maximum absolute atomic E-state index is 11.7. The van der Waals surface area contributed by atoms with Crippen LogP contribution in [0.3, 0.4) is 0 Å². The molecule has 1 aromatic heterocycles. The van der Waals surface area contributed by atoms with Crippen LogP contribution in [-0.2, 0) is 29.4 Å². The van der Waals surface area contributed by atoms with Gasteiger partial charge in [-0.15, -0.1) is 24.8 Å². The second-order valence-electron chi connectivity index (χ2n) is 7.24. The van der Waals surface area contributed by atoms with Gasteiger partial charge in [0.05, 0.1) is 6.26 Å². The van der Waals surface area contributed by atoms with Crippen molar-refractivity contribution in [2.75, 3.05) is 25.9 Å². The van der Waals surface area contributed by atoms with Crippen LogP contribution in [0, 0.1) is 5.92 Å². The summed E-state index contributed by atoms with van der Waals surface area (Å²) in [5, 5.41) is 7.51. The minimum Gasteiger partial charge on any atom is -0.339 e. The van der Waals surface area contributed by atoms with Crippen molar-refractivity contribution in [3.05, 3.63) is 35.2 Å². The highest BCUT2D eigenvalue weighted by atomic mass is 35.5. The quantitative estimate of drug-likeness (QED) is 0.772. The smallest absolute Gasteiger partial charge is 0.227 e. The second kappa shape index (κ2) is 9.54. The van der Waals surface area contributed by atoms with E-state index >= 15 is 0 Å². The maximum atomic E-state index is 11.7. The van der Waals surface area contributed by atoms with E-state index in [-0.39, 0.29) is 24.8 Å². The Morgan fingerprint density at radius 3 is 2.68 bits per heavy atom. The van der Waals surface area contributed by atoms with Crippen LogP contribution in [0.2, 0.25) is 0 Å². The molecule has 4 rings (SSSR count). The van der Waals surface area contributed by atoms with Crippen molar-refractivity contribution in [1.29, 1.82) is 0 Å². The van der Waals surface area contributed by atoms with Gasteiger partial charge in [0.25, 0.3) is 0 Å². The molecule has 10 heteroatoms. The van der Waals surface area contributed by atoms with Crippen molar-refractivity contribution in [2.24, 2.45) is 5.92 Å². The molecule has 0 aliphatic carbocycles. The Labute approximate surface area is 178 Å². The van der Waals surface area contributed by atoms with Gasteiger partial charge in [-0.3, -0.25) is 0 Å². The molecule has 28 heavy (non-hydrogen) atoms. The van der Waals surface area contributed by atoms with Crippen LogP contribution in [0.15, 0.2) is 22.7 Å². The van der Waals surface area contributed by atoms with Crippen molar-refractivity contribution in [2.45, 2.75) is 32.2 Å². The number of benzene rings is 1. The van der Waals surface area contributed by atoms with Gasteiger partial charge in [-0.05, 0) is 55.5 Å². The number of nitrogens with zero attached hydrogens (tertiary/aromatic N) is 3. The summed E-state index contributed by atoms with van der Waals surface area (Å²) < 4.78 is 30.5. The molecule has 2 aliphatic heterocycles. The molecule has 0 spiro atoms. The predicted molar refractivity (Wildman–Crippen MR) is 112 cm³/mol. The van der Waals surface area contributed by atoms with Gasteiger partial charge in [-0.1, -0.05) is 17.3 Å². The molecule has 1 aromatic carbocycles. The van der Waals surface area contributed by atoms with Gasteiger partial charge in [0.2, 0.25) is 21.7 Å².